The van der Waals surface area contributed by atoms with E-state index >= 15 is 0 Å². The van der Waals surface area contributed by atoms with Gasteiger partial charge < -0.3 is 10.1 Å². The largest absolute Gasteiger partial charge is 0.494 e. The van der Waals surface area contributed by atoms with Crippen LogP contribution in [-0.2, 0) is 17.6 Å². The summed E-state index contributed by atoms with van der Waals surface area (Å²) in [6, 6.07) is 16.6. The van der Waals surface area contributed by atoms with Crippen LogP contribution >= 0.6 is 11.8 Å². The molecule has 2 aliphatic rings. The lowest BCUT2D eigenvalue weighted by Crippen LogP contribution is -2.25. The molecule has 2 heterocycles. The van der Waals surface area contributed by atoms with Gasteiger partial charge in [0.25, 0.3) is 5.24 Å². The normalized spacial score (nSPS) is 21.2. The van der Waals surface area contributed by atoms with Gasteiger partial charge in [0, 0.05) is 18.2 Å². The van der Waals surface area contributed by atoms with Crippen LogP contribution in [0.15, 0.2) is 48.5 Å². The molecule has 2 atom stereocenters. The predicted molar refractivity (Wildman–Crippen MR) is 103 cm³/mol. The van der Waals surface area contributed by atoms with E-state index in [0.717, 1.165) is 35.9 Å². The minimum absolute atomic E-state index is 0.203. The van der Waals surface area contributed by atoms with Crippen molar-refractivity contribution in [3.63, 3.8) is 0 Å². The summed E-state index contributed by atoms with van der Waals surface area (Å²) >= 11 is 1.06. The van der Waals surface area contributed by atoms with Gasteiger partial charge in [0.2, 0.25) is 5.91 Å². The van der Waals surface area contributed by atoms with Crippen LogP contribution in [0.3, 0.4) is 0 Å². The number of benzene rings is 2. The van der Waals surface area contributed by atoms with Gasteiger partial charge in [0.05, 0.1) is 11.9 Å². The minimum Gasteiger partial charge on any atom is -0.494 e. The summed E-state index contributed by atoms with van der Waals surface area (Å²) < 4.78 is 5.85. The average Bonchev–Trinajstić information content (AvgIpc) is 3.18. The highest BCUT2D eigenvalue weighted by Gasteiger charge is 2.31. The minimum atomic E-state index is -0.329. The van der Waals surface area contributed by atoms with E-state index in [-0.39, 0.29) is 16.4 Å². The van der Waals surface area contributed by atoms with Crippen molar-refractivity contribution in [1.29, 1.82) is 0 Å². The highest BCUT2D eigenvalue weighted by atomic mass is 32.2. The number of fused-ring (bicyclic) bond motifs is 1. The van der Waals surface area contributed by atoms with Gasteiger partial charge in [0.1, 0.15) is 5.75 Å². The SMILES string of the molecule is O=C1NC(=O)C(Cc2ccc(OCCC3Cc4ccccc4N3)cc2)S1. The predicted octanol–water partition coefficient (Wildman–Crippen LogP) is 3.39. The summed E-state index contributed by atoms with van der Waals surface area (Å²) in [4.78, 5) is 22.8. The van der Waals surface area contributed by atoms with Gasteiger partial charge >= 0.3 is 0 Å². The van der Waals surface area contributed by atoms with E-state index in [1.54, 1.807) is 0 Å². The van der Waals surface area contributed by atoms with Crippen LogP contribution in [0.2, 0.25) is 0 Å². The molecule has 0 radical (unpaired) electrons. The molecule has 0 saturated carbocycles. The van der Waals surface area contributed by atoms with Crippen molar-refractivity contribution in [1.82, 2.24) is 5.32 Å². The molecule has 6 heteroatoms. The molecule has 1 saturated heterocycles. The van der Waals surface area contributed by atoms with Gasteiger partial charge in [-0.1, -0.05) is 42.1 Å². The van der Waals surface area contributed by atoms with Crippen LogP contribution in [-0.4, -0.2) is 29.0 Å². The number of amides is 2. The Morgan fingerprint density at radius 3 is 2.62 bits per heavy atom. The third-order valence-corrected chi connectivity index (χ3v) is 5.67. The van der Waals surface area contributed by atoms with E-state index < -0.39 is 0 Å². The number of anilines is 1. The van der Waals surface area contributed by atoms with Crippen LogP contribution < -0.4 is 15.4 Å². The Bertz CT molecular complexity index is 797. The number of carbonyl (C=O) groups excluding carboxylic acids is 2. The number of ether oxygens (including phenoxy) is 1. The van der Waals surface area contributed by atoms with Gasteiger partial charge in [-0.3, -0.25) is 14.9 Å². The Morgan fingerprint density at radius 2 is 1.88 bits per heavy atom. The number of rotatable bonds is 6. The second-order valence-electron chi connectivity index (χ2n) is 6.57. The third-order valence-electron chi connectivity index (χ3n) is 4.69. The molecular formula is C20H20N2O3S. The Balaban J connectivity index is 1.24. The van der Waals surface area contributed by atoms with E-state index in [1.807, 2.05) is 24.3 Å². The van der Waals surface area contributed by atoms with E-state index in [2.05, 4.69) is 34.9 Å². The Kier molecular flexibility index (Phi) is 4.84. The van der Waals surface area contributed by atoms with Gasteiger partial charge in [-0.15, -0.1) is 0 Å². The molecular weight excluding hydrogens is 348 g/mol. The number of para-hydroxylation sites is 1. The molecule has 2 N–H and O–H groups in total. The summed E-state index contributed by atoms with van der Waals surface area (Å²) in [7, 11) is 0. The first-order valence-corrected chi connectivity index (χ1v) is 9.63. The topological polar surface area (TPSA) is 67.4 Å². The molecule has 2 aliphatic heterocycles. The van der Waals surface area contributed by atoms with Crippen molar-refractivity contribution in [2.45, 2.75) is 30.6 Å². The van der Waals surface area contributed by atoms with Crippen LogP contribution in [0.4, 0.5) is 10.5 Å². The maximum atomic E-state index is 11.6. The summed E-state index contributed by atoms with van der Waals surface area (Å²) in [5.74, 6) is 0.620. The number of thioether (sulfide) groups is 1. The molecule has 2 amide bonds. The zero-order chi connectivity index (χ0) is 17.9. The van der Waals surface area contributed by atoms with Crippen molar-refractivity contribution in [2.75, 3.05) is 11.9 Å². The van der Waals surface area contributed by atoms with Crippen molar-refractivity contribution in [3.05, 3.63) is 59.7 Å². The molecule has 134 valence electrons. The molecule has 0 aromatic heterocycles. The van der Waals surface area contributed by atoms with Gasteiger partial charge in [-0.25, -0.2) is 0 Å². The molecule has 0 aliphatic carbocycles. The molecule has 0 bridgehead atoms. The van der Waals surface area contributed by atoms with Crippen molar-refractivity contribution < 1.29 is 14.3 Å². The molecule has 2 aromatic carbocycles. The van der Waals surface area contributed by atoms with Gasteiger partial charge in [-0.2, -0.15) is 0 Å². The lowest BCUT2D eigenvalue weighted by molar-refractivity contribution is -0.118. The lowest BCUT2D eigenvalue weighted by atomic mass is 10.1. The van der Waals surface area contributed by atoms with Crippen molar-refractivity contribution >= 4 is 28.6 Å². The number of carbonyl (C=O) groups is 2. The fourth-order valence-corrected chi connectivity index (χ4v) is 4.19. The molecule has 0 spiro atoms. The fourth-order valence-electron chi connectivity index (χ4n) is 3.33. The second-order valence-corrected chi connectivity index (χ2v) is 7.75. The first-order chi connectivity index (χ1) is 12.7. The number of imide groups is 1. The lowest BCUT2D eigenvalue weighted by Gasteiger charge is -2.13. The molecule has 2 aromatic rings. The van der Waals surface area contributed by atoms with Crippen molar-refractivity contribution in [2.24, 2.45) is 0 Å². The molecule has 4 rings (SSSR count). The van der Waals surface area contributed by atoms with E-state index in [4.69, 9.17) is 4.74 Å². The van der Waals surface area contributed by atoms with Gasteiger partial charge in [-0.05, 0) is 42.2 Å². The number of hydrogen-bond acceptors (Lipinski definition) is 5. The zero-order valence-electron chi connectivity index (χ0n) is 14.2. The Hall–Kier alpha value is -2.47. The number of nitrogens with one attached hydrogen (secondary N) is 2. The molecule has 5 nitrogen and oxygen atoms in total. The van der Waals surface area contributed by atoms with Crippen LogP contribution in [0.25, 0.3) is 0 Å². The first kappa shape index (κ1) is 17.0. The maximum Gasteiger partial charge on any atom is 0.286 e. The average molecular weight is 368 g/mol. The summed E-state index contributed by atoms with van der Waals surface area (Å²) in [6.07, 6.45) is 2.53. The van der Waals surface area contributed by atoms with Crippen LogP contribution in [0.1, 0.15) is 17.5 Å². The van der Waals surface area contributed by atoms with Gasteiger partial charge in [0.15, 0.2) is 0 Å². The summed E-state index contributed by atoms with van der Waals surface area (Å²) in [5, 5.41) is 5.25. The van der Waals surface area contributed by atoms with E-state index in [9.17, 15) is 9.59 Å². The fraction of sp³-hybridized carbons (Fsp3) is 0.300. The standard InChI is InChI=1S/C20H20N2O3S/c23-19-18(26-20(24)22-19)11-13-5-7-16(8-6-13)25-10-9-15-12-14-3-1-2-4-17(14)21-15/h1-8,15,18,21H,9-12H2,(H,22,23,24). The molecule has 26 heavy (non-hydrogen) atoms. The monoisotopic (exact) mass is 368 g/mol. The third kappa shape index (κ3) is 3.85. The Morgan fingerprint density at radius 1 is 1.08 bits per heavy atom. The summed E-state index contributed by atoms with van der Waals surface area (Å²) in [5.41, 5.74) is 3.62. The van der Waals surface area contributed by atoms with E-state index in [1.165, 1.54) is 11.3 Å². The first-order valence-electron chi connectivity index (χ1n) is 8.75. The second kappa shape index (κ2) is 7.41. The Labute approximate surface area is 156 Å². The summed E-state index contributed by atoms with van der Waals surface area (Å²) in [6.45, 7) is 0.653. The van der Waals surface area contributed by atoms with Crippen LogP contribution in [0.5, 0.6) is 5.75 Å². The molecule has 2 unspecified atom stereocenters. The van der Waals surface area contributed by atoms with E-state index in [0.29, 0.717) is 19.1 Å². The smallest absolute Gasteiger partial charge is 0.286 e. The highest BCUT2D eigenvalue weighted by molar-refractivity contribution is 8.15. The zero-order valence-corrected chi connectivity index (χ0v) is 15.1. The van der Waals surface area contributed by atoms with Crippen molar-refractivity contribution in [3.8, 4) is 5.75 Å². The highest BCUT2D eigenvalue weighted by Crippen LogP contribution is 2.27. The quantitative estimate of drug-likeness (QED) is 0.818. The molecule has 1 fully saturated rings. The number of hydrogen-bond donors (Lipinski definition) is 2. The van der Waals surface area contributed by atoms with Crippen LogP contribution in [0, 0.1) is 0 Å². The maximum absolute atomic E-state index is 11.6.